The molecule has 5 heteroatoms. The Morgan fingerprint density at radius 1 is 0.451 bits per heavy atom. The van der Waals surface area contributed by atoms with E-state index in [1.807, 2.05) is 24.3 Å². The summed E-state index contributed by atoms with van der Waals surface area (Å²) < 4.78 is 4.83. The number of nitrogens with zero attached hydrogens (tertiary/aromatic N) is 5. The van der Waals surface area contributed by atoms with Crippen LogP contribution in [0.5, 0.6) is 0 Å². The molecule has 1 aliphatic heterocycles. The Balaban J connectivity index is 1.17. The summed E-state index contributed by atoms with van der Waals surface area (Å²) in [5, 5.41) is 4.96. The topological polar surface area (TPSA) is 37.8 Å². The van der Waals surface area contributed by atoms with Gasteiger partial charge in [-0.1, -0.05) is 121 Å². The zero-order chi connectivity index (χ0) is 33.9. The lowest BCUT2D eigenvalue weighted by Crippen LogP contribution is -2.35. The van der Waals surface area contributed by atoms with Gasteiger partial charge in [0, 0.05) is 51.1 Å². The van der Waals surface area contributed by atoms with Gasteiger partial charge < -0.3 is 14.0 Å². The Morgan fingerprint density at radius 3 is 1.76 bits per heavy atom. The standard InChI is InChI=1S/C46H33N5/c1-49-45(32-17-7-3-8-18-32)47-44(31-15-5-2-6-16-31)48-46(49)33-25-27-35(28-26-33)51-39-23-13-11-21-36(39)37-29-30-41-42(43(37)51)38-22-12-14-24-40(38)50(41)34-19-9-4-10-20-34/h2-30,45H,1H3. The molecule has 1 aliphatic rings. The molecule has 7 aromatic carbocycles. The normalized spacial score (nSPS) is 14.8. The van der Waals surface area contributed by atoms with Crippen molar-refractivity contribution in [3.05, 3.63) is 193 Å². The van der Waals surface area contributed by atoms with Crippen molar-refractivity contribution in [3.63, 3.8) is 0 Å². The van der Waals surface area contributed by atoms with Gasteiger partial charge in [-0.15, -0.1) is 0 Å². The molecule has 0 fully saturated rings. The predicted molar refractivity (Wildman–Crippen MR) is 212 cm³/mol. The van der Waals surface area contributed by atoms with Crippen molar-refractivity contribution in [2.24, 2.45) is 9.98 Å². The summed E-state index contributed by atoms with van der Waals surface area (Å²) in [6.07, 6.45) is -0.193. The Hall–Kier alpha value is -6.72. The van der Waals surface area contributed by atoms with Gasteiger partial charge in [0.2, 0.25) is 0 Å². The molecule has 2 aromatic heterocycles. The highest BCUT2D eigenvalue weighted by Crippen LogP contribution is 2.42. The molecule has 0 amide bonds. The van der Waals surface area contributed by atoms with E-state index in [0.717, 1.165) is 39.7 Å². The molecule has 5 nitrogen and oxygen atoms in total. The first-order valence-corrected chi connectivity index (χ1v) is 17.4. The minimum absolute atomic E-state index is 0.193. The Morgan fingerprint density at radius 2 is 1.04 bits per heavy atom. The molecule has 242 valence electrons. The molecular weight excluding hydrogens is 623 g/mol. The number of amidine groups is 2. The second kappa shape index (κ2) is 11.7. The van der Waals surface area contributed by atoms with Gasteiger partial charge in [-0.05, 0) is 60.2 Å². The highest BCUT2D eigenvalue weighted by Gasteiger charge is 2.27. The van der Waals surface area contributed by atoms with Crippen LogP contribution in [0.1, 0.15) is 22.9 Å². The Labute approximate surface area is 295 Å². The van der Waals surface area contributed by atoms with Crippen LogP contribution in [0.25, 0.3) is 55.0 Å². The first-order valence-electron chi connectivity index (χ1n) is 17.4. The van der Waals surface area contributed by atoms with Crippen LogP contribution in [-0.2, 0) is 0 Å². The van der Waals surface area contributed by atoms with Crippen molar-refractivity contribution in [3.8, 4) is 11.4 Å². The Bertz CT molecular complexity index is 2790. The molecule has 0 saturated heterocycles. The highest BCUT2D eigenvalue weighted by molar-refractivity contribution is 6.26. The fourth-order valence-electron chi connectivity index (χ4n) is 7.84. The van der Waals surface area contributed by atoms with E-state index in [-0.39, 0.29) is 6.17 Å². The number of benzene rings is 7. The third kappa shape index (κ3) is 4.62. The monoisotopic (exact) mass is 655 g/mol. The quantitative estimate of drug-likeness (QED) is 0.182. The van der Waals surface area contributed by atoms with E-state index in [1.54, 1.807) is 0 Å². The van der Waals surface area contributed by atoms with E-state index >= 15 is 0 Å². The predicted octanol–water partition coefficient (Wildman–Crippen LogP) is 10.7. The lowest BCUT2D eigenvalue weighted by molar-refractivity contribution is 0.383. The summed E-state index contributed by atoms with van der Waals surface area (Å²) in [7, 11) is 2.09. The van der Waals surface area contributed by atoms with Crippen LogP contribution < -0.4 is 0 Å². The second-order valence-electron chi connectivity index (χ2n) is 13.1. The van der Waals surface area contributed by atoms with Crippen LogP contribution in [0.15, 0.2) is 186 Å². The van der Waals surface area contributed by atoms with E-state index in [0.29, 0.717) is 0 Å². The van der Waals surface area contributed by atoms with Crippen molar-refractivity contribution in [1.82, 2.24) is 14.0 Å². The van der Waals surface area contributed by atoms with Crippen molar-refractivity contribution >= 4 is 55.3 Å². The number of hydrogen-bond donors (Lipinski definition) is 0. The van der Waals surface area contributed by atoms with Gasteiger partial charge in [0.15, 0.2) is 5.84 Å². The van der Waals surface area contributed by atoms with Crippen LogP contribution in [0, 0.1) is 0 Å². The van der Waals surface area contributed by atoms with Gasteiger partial charge in [0.05, 0.1) is 22.1 Å². The minimum atomic E-state index is -0.193. The lowest BCUT2D eigenvalue weighted by atomic mass is 10.1. The average Bonchev–Trinajstić information content (AvgIpc) is 3.72. The van der Waals surface area contributed by atoms with Crippen LogP contribution in [0.4, 0.5) is 0 Å². The largest absolute Gasteiger partial charge is 0.333 e. The van der Waals surface area contributed by atoms with E-state index in [2.05, 4.69) is 173 Å². The van der Waals surface area contributed by atoms with Gasteiger partial charge >= 0.3 is 0 Å². The third-order valence-corrected chi connectivity index (χ3v) is 10.2. The number of hydrogen-bond acceptors (Lipinski definition) is 3. The van der Waals surface area contributed by atoms with Gasteiger partial charge in [-0.25, -0.2) is 9.98 Å². The Kier molecular flexibility index (Phi) is 6.71. The molecule has 3 heterocycles. The van der Waals surface area contributed by atoms with Gasteiger partial charge in [-0.2, -0.15) is 0 Å². The summed E-state index contributed by atoms with van der Waals surface area (Å²) in [5.41, 5.74) is 10.2. The lowest BCUT2D eigenvalue weighted by Gasteiger charge is -2.32. The van der Waals surface area contributed by atoms with E-state index in [1.165, 1.54) is 43.6 Å². The van der Waals surface area contributed by atoms with Gasteiger partial charge in [0.1, 0.15) is 12.0 Å². The molecule has 0 aliphatic carbocycles. The molecule has 1 atom stereocenters. The van der Waals surface area contributed by atoms with E-state index in [4.69, 9.17) is 9.98 Å². The molecule has 0 N–H and O–H groups in total. The summed E-state index contributed by atoms with van der Waals surface area (Å²) in [5.74, 6) is 1.63. The summed E-state index contributed by atoms with van der Waals surface area (Å²) in [4.78, 5) is 12.5. The first kappa shape index (κ1) is 29.2. The maximum Gasteiger partial charge on any atom is 0.159 e. The molecule has 1 unspecified atom stereocenters. The molecular formula is C46H33N5. The minimum Gasteiger partial charge on any atom is -0.333 e. The molecule has 10 rings (SSSR count). The zero-order valence-corrected chi connectivity index (χ0v) is 28.1. The van der Waals surface area contributed by atoms with Crippen LogP contribution in [0.2, 0.25) is 0 Å². The van der Waals surface area contributed by atoms with Crippen LogP contribution in [-0.4, -0.2) is 32.8 Å². The summed E-state index contributed by atoms with van der Waals surface area (Å²) in [6, 6.07) is 62.4. The molecule has 0 bridgehead atoms. The van der Waals surface area contributed by atoms with E-state index < -0.39 is 0 Å². The molecule has 51 heavy (non-hydrogen) atoms. The van der Waals surface area contributed by atoms with Crippen molar-refractivity contribution in [2.45, 2.75) is 6.17 Å². The molecule has 0 saturated carbocycles. The summed E-state index contributed by atoms with van der Waals surface area (Å²) in [6.45, 7) is 0. The second-order valence-corrected chi connectivity index (χ2v) is 13.1. The average molecular weight is 656 g/mol. The fraction of sp³-hybridized carbons (Fsp3) is 0.0435. The number of rotatable bonds is 5. The summed E-state index contributed by atoms with van der Waals surface area (Å²) >= 11 is 0. The molecule has 0 spiro atoms. The van der Waals surface area contributed by atoms with E-state index in [9.17, 15) is 0 Å². The smallest absolute Gasteiger partial charge is 0.159 e. The molecule has 9 aromatic rings. The zero-order valence-electron chi connectivity index (χ0n) is 28.1. The highest BCUT2D eigenvalue weighted by atomic mass is 15.3. The van der Waals surface area contributed by atoms with Crippen molar-refractivity contribution < 1.29 is 0 Å². The first-order chi connectivity index (χ1) is 25.2. The molecule has 0 radical (unpaired) electrons. The van der Waals surface area contributed by atoms with Crippen LogP contribution >= 0.6 is 0 Å². The van der Waals surface area contributed by atoms with Crippen molar-refractivity contribution in [1.29, 1.82) is 0 Å². The number of fused-ring (bicyclic) bond motifs is 7. The fourth-order valence-corrected chi connectivity index (χ4v) is 7.84. The number of aromatic nitrogens is 2. The van der Waals surface area contributed by atoms with Crippen LogP contribution in [0.3, 0.4) is 0 Å². The maximum atomic E-state index is 5.16. The maximum absolute atomic E-state index is 5.16. The number of aliphatic imine (C=N–C) groups is 2. The SMILES string of the molecule is CN1C(c2ccc(-n3c4ccccc4c4ccc5c(c6ccccc6n5-c5ccccc5)c43)cc2)=NC(c2ccccc2)=NC1c1ccccc1. The third-order valence-electron chi connectivity index (χ3n) is 10.2. The number of para-hydroxylation sites is 3. The van der Waals surface area contributed by atoms with Gasteiger partial charge in [0.25, 0.3) is 0 Å². The van der Waals surface area contributed by atoms with Crippen molar-refractivity contribution in [2.75, 3.05) is 7.05 Å². The van der Waals surface area contributed by atoms with Gasteiger partial charge in [-0.3, -0.25) is 0 Å².